The van der Waals surface area contributed by atoms with Gasteiger partial charge in [-0.2, -0.15) is 0 Å². The predicted molar refractivity (Wildman–Crippen MR) is 114 cm³/mol. The second-order valence-corrected chi connectivity index (χ2v) is 7.56. The third-order valence-electron chi connectivity index (χ3n) is 5.20. The quantitative estimate of drug-likeness (QED) is 0.731. The number of anilines is 2. The SMILES string of the molecule is CCc1nc2ccc(Cl)cn2c1C(=O)Nc1ccc(N2CCN(C)CC2)cc1. The molecule has 0 spiro atoms. The maximum atomic E-state index is 13.0. The number of fused-ring (bicyclic) bond motifs is 1. The number of carbonyl (C=O) groups excluding carboxylic acids is 1. The van der Waals surface area contributed by atoms with Gasteiger partial charge in [-0.05, 0) is 49.9 Å². The van der Waals surface area contributed by atoms with Crippen LogP contribution in [-0.4, -0.2) is 53.4 Å². The van der Waals surface area contributed by atoms with Crippen molar-refractivity contribution in [2.75, 3.05) is 43.4 Å². The number of likely N-dealkylation sites (N-methyl/N-ethyl adjacent to an activating group) is 1. The smallest absolute Gasteiger partial charge is 0.274 e. The van der Waals surface area contributed by atoms with Gasteiger partial charge in [-0.15, -0.1) is 0 Å². The Bertz CT molecular complexity index is 990. The molecule has 4 rings (SSSR count). The van der Waals surface area contributed by atoms with Crippen molar-refractivity contribution in [2.45, 2.75) is 13.3 Å². The van der Waals surface area contributed by atoms with Crippen molar-refractivity contribution >= 4 is 34.5 Å². The summed E-state index contributed by atoms with van der Waals surface area (Å²) in [7, 11) is 2.15. The van der Waals surface area contributed by atoms with Crippen molar-refractivity contribution in [3.63, 3.8) is 0 Å². The zero-order valence-electron chi connectivity index (χ0n) is 16.2. The van der Waals surface area contributed by atoms with Gasteiger partial charge in [0.15, 0.2) is 0 Å². The number of aryl methyl sites for hydroxylation is 1. The van der Waals surface area contributed by atoms with Gasteiger partial charge < -0.3 is 15.1 Å². The second-order valence-electron chi connectivity index (χ2n) is 7.13. The normalized spacial score (nSPS) is 15.2. The monoisotopic (exact) mass is 397 g/mol. The number of imidazole rings is 1. The molecule has 1 amide bonds. The van der Waals surface area contributed by atoms with Crippen molar-refractivity contribution in [1.82, 2.24) is 14.3 Å². The number of nitrogens with zero attached hydrogens (tertiary/aromatic N) is 4. The van der Waals surface area contributed by atoms with Crippen molar-refractivity contribution < 1.29 is 4.79 Å². The lowest BCUT2D eigenvalue weighted by molar-refractivity contribution is 0.102. The molecule has 7 heteroatoms. The highest BCUT2D eigenvalue weighted by molar-refractivity contribution is 6.30. The summed E-state index contributed by atoms with van der Waals surface area (Å²) in [4.78, 5) is 22.2. The first-order chi connectivity index (χ1) is 13.5. The van der Waals surface area contributed by atoms with Crippen molar-refractivity contribution in [3.8, 4) is 0 Å². The zero-order chi connectivity index (χ0) is 19.7. The summed E-state index contributed by atoms with van der Waals surface area (Å²) in [5.41, 5.74) is 3.96. The Morgan fingerprint density at radius 2 is 1.82 bits per heavy atom. The first-order valence-corrected chi connectivity index (χ1v) is 9.94. The van der Waals surface area contributed by atoms with E-state index in [1.807, 2.05) is 25.1 Å². The van der Waals surface area contributed by atoms with Crippen LogP contribution < -0.4 is 10.2 Å². The third-order valence-corrected chi connectivity index (χ3v) is 5.42. The number of piperazine rings is 1. The number of halogens is 1. The molecule has 6 nitrogen and oxygen atoms in total. The van der Waals surface area contributed by atoms with Gasteiger partial charge in [0.1, 0.15) is 11.3 Å². The molecule has 0 saturated carbocycles. The van der Waals surface area contributed by atoms with Gasteiger partial charge in [-0.25, -0.2) is 4.98 Å². The molecular weight excluding hydrogens is 374 g/mol. The van der Waals surface area contributed by atoms with E-state index in [1.165, 1.54) is 5.69 Å². The molecule has 2 aromatic heterocycles. The average Bonchev–Trinajstić information content (AvgIpc) is 3.07. The molecule has 1 saturated heterocycles. The van der Waals surface area contributed by atoms with E-state index in [2.05, 4.69) is 39.3 Å². The molecule has 0 unspecified atom stereocenters. The van der Waals surface area contributed by atoms with Gasteiger partial charge in [0.25, 0.3) is 5.91 Å². The molecule has 0 bridgehead atoms. The molecule has 0 aliphatic carbocycles. The van der Waals surface area contributed by atoms with E-state index in [-0.39, 0.29) is 5.91 Å². The number of rotatable bonds is 4. The molecule has 146 valence electrons. The van der Waals surface area contributed by atoms with E-state index in [1.54, 1.807) is 16.7 Å². The number of hydrogen-bond donors (Lipinski definition) is 1. The van der Waals surface area contributed by atoms with E-state index >= 15 is 0 Å². The Hall–Kier alpha value is -2.57. The minimum absolute atomic E-state index is 0.182. The first kappa shape index (κ1) is 18.8. The minimum atomic E-state index is -0.182. The van der Waals surface area contributed by atoms with Crippen LogP contribution in [0.4, 0.5) is 11.4 Å². The molecule has 1 aliphatic heterocycles. The summed E-state index contributed by atoms with van der Waals surface area (Å²) < 4.78 is 1.76. The summed E-state index contributed by atoms with van der Waals surface area (Å²) in [5, 5.41) is 3.57. The third kappa shape index (κ3) is 3.70. The summed E-state index contributed by atoms with van der Waals surface area (Å²) in [6.07, 6.45) is 2.40. The van der Waals surface area contributed by atoms with Gasteiger partial charge in [0.2, 0.25) is 0 Å². The lowest BCUT2D eigenvalue weighted by Gasteiger charge is -2.34. The fourth-order valence-corrected chi connectivity index (χ4v) is 3.73. The standard InChI is InChI=1S/C21H24ClN5O/c1-3-18-20(27-14-15(22)4-9-19(27)24-18)21(28)23-16-5-7-17(8-6-16)26-12-10-25(2)11-13-26/h4-9,14H,3,10-13H2,1-2H3,(H,23,28). The van der Waals surface area contributed by atoms with Gasteiger partial charge >= 0.3 is 0 Å². The first-order valence-electron chi connectivity index (χ1n) is 9.56. The lowest BCUT2D eigenvalue weighted by Crippen LogP contribution is -2.44. The number of carbonyl (C=O) groups is 1. The lowest BCUT2D eigenvalue weighted by atomic mass is 10.2. The Balaban J connectivity index is 1.54. The van der Waals surface area contributed by atoms with Crippen LogP contribution in [0, 0.1) is 0 Å². The number of hydrogen-bond acceptors (Lipinski definition) is 4. The van der Waals surface area contributed by atoms with Gasteiger partial charge in [0, 0.05) is 43.8 Å². The van der Waals surface area contributed by atoms with Crippen LogP contribution >= 0.6 is 11.6 Å². The highest BCUT2D eigenvalue weighted by Crippen LogP contribution is 2.22. The molecule has 0 atom stereocenters. The topological polar surface area (TPSA) is 52.9 Å². The van der Waals surface area contributed by atoms with Gasteiger partial charge in [-0.3, -0.25) is 9.20 Å². The van der Waals surface area contributed by atoms with Crippen molar-refractivity contribution in [1.29, 1.82) is 0 Å². The van der Waals surface area contributed by atoms with Crippen molar-refractivity contribution in [2.24, 2.45) is 0 Å². The number of nitrogens with one attached hydrogen (secondary N) is 1. The molecule has 28 heavy (non-hydrogen) atoms. The number of aromatic nitrogens is 2. The van der Waals surface area contributed by atoms with Crippen LogP contribution in [0.2, 0.25) is 5.02 Å². The van der Waals surface area contributed by atoms with Crippen LogP contribution in [0.3, 0.4) is 0 Å². The number of amides is 1. The molecule has 1 N–H and O–H groups in total. The minimum Gasteiger partial charge on any atom is -0.369 e. The Morgan fingerprint density at radius 3 is 2.50 bits per heavy atom. The van der Waals surface area contributed by atoms with Crippen LogP contribution in [-0.2, 0) is 6.42 Å². The Kier molecular flexibility index (Phi) is 5.24. The van der Waals surface area contributed by atoms with Crippen LogP contribution in [0.1, 0.15) is 23.1 Å². The number of benzene rings is 1. The van der Waals surface area contributed by atoms with E-state index in [0.717, 1.165) is 43.2 Å². The van der Waals surface area contributed by atoms with Crippen LogP contribution in [0.5, 0.6) is 0 Å². The Labute approximate surface area is 169 Å². The molecule has 3 heterocycles. The van der Waals surface area contributed by atoms with Crippen LogP contribution in [0.25, 0.3) is 5.65 Å². The molecule has 1 aromatic carbocycles. The highest BCUT2D eigenvalue weighted by atomic mass is 35.5. The molecule has 1 fully saturated rings. The Morgan fingerprint density at radius 1 is 1.11 bits per heavy atom. The second kappa shape index (κ2) is 7.81. The van der Waals surface area contributed by atoms with E-state index in [0.29, 0.717) is 17.1 Å². The predicted octanol–water partition coefficient (Wildman–Crippen LogP) is 3.55. The number of pyridine rings is 1. The zero-order valence-corrected chi connectivity index (χ0v) is 16.9. The fraction of sp³-hybridized carbons (Fsp3) is 0.333. The summed E-state index contributed by atoms with van der Waals surface area (Å²) in [6.45, 7) is 6.16. The fourth-order valence-electron chi connectivity index (χ4n) is 3.56. The van der Waals surface area contributed by atoms with Gasteiger partial charge in [-0.1, -0.05) is 18.5 Å². The van der Waals surface area contributed by atoms with E-state index in [4.69, 9.17) is 11.6 Å². The summed E-state index contributed by atoms with van der Waals surface area (Å²) in [6, 6.07) is 11.6. The average molecular weight is 398 g/mol. The molecule has 0 radical (unpaired) electrons. The van der Waals surface area contributed by atoms with Gasteiger partial charge in [0.05, 0.1) is 10.7 Å². The summed E-state index contributed by atoms with van der Waals surface area (Å²) >= 11 is 6.12. The van der Waals surface area contributed by atoms with Crippen LogP contribution in [0.15, 0.2) is 42.6 Å². The van der Waals surface area contributed by atoms with Crippen molar-refractivity contribution in [3.05, 3.63) is 59.0 Å². The van der Waals surface area contributed by atoms with E-state index < -0.39 is 0 Å². The maximum absolute atomic E-state index is 13.0. The summed E-state index contributed by atoms with van der Waals surface area (Å²) in [5.74, 6) is -0.182. The maximum Gasteiger partial charge on any atom is 0.274 e. The largest absolute Gasteiger partial charge is 0.369 e. The molecule has 1 aliphatic rings. The highest BCUT2D eigenvalue weighted by Gasteiger charge is 2.19. The molecular formula is C21H24ClN5O. The molecule has 3 aromatic rings. The van der Waals surface area contributed by atoms with E-state index in [9.17, 15) is 4.79 Å².